The Morgan fingerprint density at radius 2 is 2.00 bits per heavy atom. The number of para-hydroxylation sites is 1. The molecule has 2 aliphatic rings. The first kappa shape index (κ1) is 18.1. The van der Waals surface area contributed by atoms with Crippen molar-refractivity contribution in [2.45, 2.75) is 38.6 Å². The van der Waals surface area contributed by atoms with Crippen LogP contribution in [0, 0.1) is 5.92 Å². The third kappa shape index (κ3) is 6.24. The highest BCUT2D eigenvalue weighted by molar-refractivity contribution is 5.79. The van der Waals surface area contributed by atoms with Crippen LogP contribution in [0.15, 0.2) is 29.3 Å². The van der Waals surface area contributed by atoms with Crippen molar-refractivity contribution in [3.05, 3.63) is 29.8 Å². The van der Waals surface area contributed by atoms with E-state index < -0.39 is 0 Å². The lowest BCUT2D eigenvalue weighted by Crippen LogP contribution is -2.38. The highest BCUT2D eigenvalue weighted by Crippen LogP contribution is 2.30. The molecule has 1 aromatic carbocycles. The monoisotopic (exact) mass is 344 g/mol. The lowest BCUT2D eigenvalue weighted by Gasteiger charge is -2.16. The summed E-state index contributed by atoms with van der Waals surface area (Å²) in [5, 5.41) is 6.82. The minimum absolute atomic E-state index is 0.729. The molecule has 2 fully saturated rings. The molecular formula is C20H32N4O. The molecule has 0 amide bonds. The smallest absolute Gasteiger partial charge is 0.191 e. The van der Waals surface area contributed by atoms with Gasteiger partial charge in [0.1, 0.15) is 5.75 Å². The first-order chi connectivity index (χ1) is 12.3. The summed E-state index contributed by atoms with van der Waals surface area (Å²) in [4.78, 5) is 6.87. The molecule has 0 atom stereocenters. The number of likely N-dealkylation sites (tertiary alicyclic amines) is 1. The Kier molecular flexibility index (Phi) is 6.98. The van der Waals surface area contributed by atoms with Crippen molar-refractivity contribution in [3.8, 4) is 5.75 Å². The molecule has 0 bridgehead atoms. The number of ether oxygens (including phenoxy) is 1. The second kappa shape index (κ2) is 9.66. The summed E-state index contributed by atoms with van der Waals surface area (Å²) in [6.07, 6.45) is 6.50. The average Bonchev–Trinajstić information content (AvgIpc) is 3.33. The van der Waals surface area contributed by atoms with Gasteiger partial charge in [0.05, 0.1) is 6.61 Å². The van der Waals surface area contributed by atoms with Crippen molar-refractivity contribution >= 4 is 5.96 Å². The molecule has 138 valence electrons. The maximum Gasteiger partial charge on any atom is 0.191 e. The summed E-state index contributed by atoms with van der Waals surface area (Å²) in [5.74, 6) is 2.62. The fourth-order valence-corrected chi connectivity index (χ4v) is 3.20. The van der Waals surface area contributed by atoms with Crippen LogP contribution in [0.25, 0.3) is 0 Å². The predicted molar refractivity (Wildman–Crippen MR) is 103 cm³/mol. The van der Waals surface area contributed by atoms with Gasteiger partial charge in [-0.1, -0.05) is 18.2 Å². The van der Waals surface area contributed by atoms with E-state index in [0.29, 0.717) is 0 Å². The molecular weight excluding hydrogens is 312 g/mol. The van der Waals surface area contributed by atoms with Crippen LogP contribution in [0.1, 0.15) is 37.7 Å². The fraction of sp³-hybridized carbons (Fsp3) is 0.650. The first-order valence-corrected chi connectivity index (χ1v) is 9.73. The second-order valence-electron chi connectivity index (χ2n) is 7.12. The van der Waals surface area contributed by atoms with Crippen molar-refractivity contribution in [2.24, 2.45) is 10.9 Å². The normalized spacial score (nSPS) is 18.4. The Hall–Kier alpha value is -1.75. The number of benzene rings is 1. The van der Waals surface area contributed by atoms with Crippen LogP contribution in [0.3, 0.4) is 0 Å². The van der Waals surface area contributed by atoms with Crippen molar-refractivity contribution in [1.82, 2.24) is 15.5 Å². The van der Waals surface area contributed by atoms with Gasteiger partial charge in [0.15, 0.2) is 5.96 Å². The fourth-order valence-electron chi connectivity index (χ4n) is 3.20. The summed E-state index contributed by atoms with van der Waals surface area (Å²) in [6, 6.07) is 8.28. The van der Waals surface area contributed by atoms with E-state index in [4.69, 9.17) is 4.74 Å². The Labute approximate surface area is 151 Å². The van der Waals surface area contributed by atoms with Gasteiger partial charge in [0.2, 0.25) is 0 Å². The number of rotatable bonds is 9. The second-order valence-corrected chi connectivity index (χ2v) is 7.12. The minimum Gasteiger partial charge on any atom is -0.493 e. The van der Waals surface area contributed by atoms with Crippen molar-refractivity contribution < 1.29 is 4.74 Å². The van der Waals surface area contributed by atoms with Gasteiger partial charge < -0.3 is 20.3 Å². The van der Waals surface area contributed by atoms with Crippen molar-refractivity contribution in [1.29, 1.82) is 0 Å². The zero-order chi connectivity index (χ0) is 17.3. The van der Waals surface area contributed by atoms with E-state index in [1.807, 2.05) is 13.1 Å². The van der Waals surface area contributed by atoms with Crippen molar-refractivity contribution in [2.75, 3.05) is 39.8 Å². The van der Waals surface area contributed by atoms with Crippen molar-refractivity contribution in [3.63, 3.8) is 0 Å². The first-order valence-electron chi connectivity index (χ1n) is 9.73. The number of nitrogens with zero attached hydrogens (tertiary/aromatic N) is 2. The molecule has 0 aromatic heterocycles. The minimum atomic E-state index is 0.729. The van der Waals surface area contributed by atoms with Crippen LogP contribution < -0.4 is 15.4 Å². The van der Waals surface area contributed by atoms with Crippen LogP contribution in [0.4, 0.5) is 0 Å². The molecule has 5 heteroatoms. The Morgan fingerprint density at radius 3 is 2.76 bits per heavy atom. The SMILES string of the molecule is CN=C(NCCCN1CCCC1)NCc1ccccc1OCC1CC1. The Bertz CT molecular complexity index is 550. The van der Waals surface area contributed by atoms with Gasteiger partial charge >= 0.3 is 0 Å². The summed E-state index contributed by atoms with van der Waals surface area (Å²) in [6.45, 7) is 6.25. The molecule has 1 heterocycles. The maximum atomic E-state index is 5.98. The highest BCUT2D eigenvalue weighted by atomic mass is 16.5. The summed E-state index contributed by atoms with van der Waals surface area (Å²) < 4.78 is 5.98. The molecule has 2 N–H and O–H groups in total. The highest BCUT2D eigenvalue weighted by Gasteiger charge is 2.22. The molecule has 3 rings (SSSR count). The van der Waals surface area contributed by atoms with E-state index in [0.717, 1.165) is 43.7 Å². The Balaban J connectivity index is 1.38. The van der Waals surface area contributed by atoms with E-state index >= 15 is 0 Å². The quantitative estimate of drug-likeness (QED) is 0.411. The molecule has 1 aliphatic heterocycles. The van der Waals surface area contributed by atoms with Gasteiger partial charge in [0, 0.05) is 25.7 Å². The number of aliphatic imine (C=N–C) groups is 1. The molecule has 1 saturated carbocycles. The van der Waals surface area contributed by atoms with Gasteiger partial charge in [-0.05, 0) is 63.7 Å². The van der Waals surface area contributed by atoms with Crippen LogP contribution in [-0.4, -0.2) is 50.7 Å². The van der Waals surface area contributed by atoms with Crippen LogP contribution >= 0.6 is 0 Å². The molecule has 1 aliphatic carbocycles. The zero-order valence-electron chi connectivity index (χ0n) is 15.5. The molecule has 25 heavy (non-hydrogen) atoms. The number of hydrogen-bond donors (Lipinski definition) is 2. The number of hydrogen-bond acceptors (Lipinski definition) is 3. The van der Waals surface area contributed by atoms with E-state index in [1.165, 1.54) is 50.9 Å². The van der Waals surface area contributed by atoms with E-state index in [2.05, 4.69) is 38.7 Å². The third-order valence-electron chi connectivity index (χ3n) is 4.96. The topological polar surface area (TPSA) is 48.9 Å². The maximum absolute atomic E-state index is 5.98. The molecule has 5 nitrogen and oxygen atoms in total. The predicted octanol–water partition coefficient (Wildman–Crippen LogP) is 2.63. The van der Waals surface area contributed by atoms with E-state index in [1.54, 1.807) is 0 Å². The summed E-state index contributed by atoms with van der Waals surface area (Å²) >= 11 is 0. The summed E-state index contributed by atoms with van der Waals surface area (Å²) in [5.41, 5.74) is 1.18. The van der Waals surface area contributed by atoms with Crippen LogP contribution in [0.2, 0.25) is 0 Å². The van der Waals surface area contributed by atoms with Gasteiger partial charge in [0.25, 0.3) is 0 Å². The van der Waals surface area contributed by atoms with E-state index in [-0.39, 0.29) is 0 Å². The molecule has 0 spiro atoms. The average molecular weight is 345 g/mol. The van der Waals surface area contributed by atoms with Gasteiger partial charge in [-0.15, -0.1) is 0 Å². The molecule has 1 saturated heterocycles. The summed E-state index contributed by atoms with van der Waals surface area (Å²) in [7, 11) is 1.82. The van der Waals surface area contributed by atoms with Crippen LogP contribution in [-0.2, 0) is 6.54 Å². The number of nitrogens with one attached hydrogen (secondary N) is 2. The van der Waals surface area contributed by atoms with Gasteiger partial charge in [-0.25, -0.2) is 0 Å². The Morgan fingerprint density at radius 1 is 1.20 bits per heavy atom. The standard InChI is InChI=1S/C20H32N4O/c1-21-20(22-11-6-14-24-12-4-5-13-24)23-15-18-7-2-3-8-19(18)25-16-17-9-10-17/h2-3,7-8,17H,4-6,9-16H2,1H3,(H2,21,22,23). The van der Waals surface area contributed by atoms with Gasteiger partial charge in [-0.2, -0.15) is 0 Å². The third-order valence-corrected chi connectivity index (χ3v) is 4.96. The lowest BCUT2D eigenvalue weighted by atomic mass is 10.2. The largest absolute Gasteiger partial charge is 0.493 e. The zero-order valence-corrected chi connectivity index (χ0v) is 15.5. The molecule has 1 aromatic rings. The lowest BCUT2D eigenvalue weighted by molar-refractivity contribution is 0.296. The molecule has 0 unspecified atom stereocenters. The number of guanidine groups is 1. The van der Waals surface area contributed by atoms with Gasteiger partial charge in [-0.3, -0.25) is 4.99 Å². The van der Waals surface area contributed by atoms with Crippen LogP contribution in [0.5, 0.6) is 5.75 Å². The van der Waals surface area contributed by atoms with E-state index in [9.17, 15) is 0 Å². The molecule has 0 radical (unpaired) electrons.